The van der Waals surface area contributed by atoms with Gasteiger partial charge in [-0.2, -0.15) is 0 Å². The summed E-state index contributed by atoms with van der Waals surface area (Å²) in [7, 11) is 0. The van der Waals surface area contributed by atoms with Crippen LogP contribution in [0, 0.1) is 6.92 Å². The number of rotatable bonds is 3. The highest BCUT2D eigenvalue weighted by molar-refractivity contribution is 9.10. The van der Waals surface area contributed by atoms with E-state index in [-0.39, 0.29) is 0 Å². The normalized spacial score (nSPS) is 10.7. The van der Waals surface area contributed by atoms with E-state index >= 15 is 0 Å². The molecule has 1 heterocycles. The van der Waals surface area contributed by atoms with Crippen LogP contribution in [-0.4, -0.2) is 15.0 Å². The highest BCUT2D eigenvalue weighted by atomic mass is 79.9. The summed E-state index contributed by atoms with van der Waals surface area (Å²) < 4.78 is 1.04. The van der Waals surface area contributed by atoms with Gasteiger partial charge in [0, 0.05) is 21.2 Å². The highest BCUT2D eigenvalue weighted by Gasteiger charge is 2.12. The van der Waals surface area contributed by atoms with Gasteiger partial charge in [0.15, 0.2) is 17.5 Å². The average Bonchev–Trinajstić information content (AvgIpc) is 2.71. The monoisotopic (exact) mass is 401 g/mol. The van der Waals surface area contributed by atoms with Gasteiger partial charge in [-0.25, -0.2) is 15.0 Å². The first-order valence-corrected chi connectivity index (χ1v) is 9.13. The molecule has 0 unspecified atom stereocenters. The van der Waals surface area contributed by atoms with E-state index in [0.717, 1.165) is 21.2 Å². The van der Waals surface area contributed by atoms with Crippen molar-refractivity contribution in [1.82, 2.24) is 15.0 Å². The van der Waals surface area contributed by atoms with Gasteiger partial charge < -0.3 is 0 Å². The van der Waals surface area contributed by atoms with Gasteiger partial charge >= 0.3 is 0 Å². The summed E-state index contributed by atoms with van der Waals surface area (Å²) >= 11 is 3.60. The Kier molecular flexibility index (Phi) is 4.59. The Morgan fingerprint density at radius 2 is 1.04 bits per heavy atom. The second-order valence-corrected chi connectivity index (χ2v) is 6.86. The Morgan fingerprint density at radius 1 is 0.577 bits per heavy atom. The molecule has 4 rings (SSSR count). The lowest BCUT2D eigenvalue weighted by molar-refractivity contribution is 1.07. The summed E-state index contributed by atoms with van der Waals surface area (Å²) in [6, 6.07) is 26.1. The third-order valence-electron chi connectivity index (χ3n) is 4.13. The van der Waals surface area contributed by atoms with Gasteiger partial charge in [-0.1, -0.05) is 88.7 Å². The lowest BCUT2D eigenvalue weighted by atomic mass is 10.1. The molecule has 0 saturated carbocycles. The zero-order valence-electron chi connectivity index (χ0n) is 14.2. The van der Waals surface area contributed by atoms with Gasteiger partial charge in [0.25, 0.3) is 0 Å². The van der Waals surface area contributed by atoms with E-state index in [1.165, 1.54) is 5.56 Å². The number of hydrogen-bond acceptors (Lipinski definition) is 3. The Hall–Kier alpha value is -2.85. The third-order valence-corrected chi connectivity index (χ3v) is 4.98. The minimum atomic E-state index is 0.665. The minimum absolute atomic E-state index is 0.665. The maximum absolute atomic E-state index is 4.73. The molecule has 0 aliphatic carbocycles. The van der Waals surface area contributed by atoms with Crippen LogP contribution in [0.3, 0.4) is 0 Å². The zero-order chi connectivity index (χ0) is 17.9. The molecule has 0 radical (unpaired) electrons. The van der Waals surface area contributed by atoms with E-state index in [0.29, 0.717) is 17.5 Å². The third kappa shape index (κ3) is 3.41. The maximum Gasteiger partial charge on any atom is 0.164 e. The highest BCUT2D eigenvalue weighted by Crippen LogP contribution is 2.27. The van der Waals surface area contributed by atoms with E-state index in [1.54, 1.807) is 0 Å². The van der Waals surface area contributed by atoms with Crippen LogP contribution in [0.25, 0.3) is 34.2 Å². The smallest absolute Gasteiger partial charge is 0.164 e. The molecule has 0 spiro atoms. The van der Waals surface area contributed by atoms with Crippen LogP contribution < -0.4 is 0 Å². The van der Waals surface area contributed by atoms with E-state index in [1.807, 2.05) is 72.8 Å². The van der Waals surface area contributed by atoms with Gasteiger partial charge in [0.05, 0.1) is 0 Å². The summed E-state index contributed by atoms with van der Waals surface area (Å²) in [6.45, 7) is 2.06. The van der Waals surface area contributed by atoms with E-state index in [9.17, 15) is 0 Å². The minimum Gasteiger partial charge on any atom is -0.208 e. The van der Waals surface area contributed by atoms with Crippen LogP contribution >= 0.6 is 15.9 Å². The fraction of sp³-hybridized carbons (Fsp3) is 0.0455. The standard InChI is InChI=1S/C22H16BrN3/c1-15-12-13-18(14-19(15)23)22-25-20(16-8-4-2-5-9-16)24-21(26-22)17-10-6-3-7-11-17/h2-14H,1H3. The SMILES string of the molecule is Cc1ccc(-c2nc(-c3ccccc3)nc(-c3ccccc3)n2)cc1Br. The summed E-state index contributed by atoms with van der Waals surface area (Å²) in [5.74, 6) is 2.01. The van der Waals surface area contributed by atoms with Crippen molar-refractivity contribution in [3.05, 3.63) is 88.9 Å². The molecule has 0 saturated heterocycles. The molecule has 126 valence electrons. The van der Waals surface area contributed by atoms with E-state index in [2.05, 4.69) is 28.9 Å². The van der Waals surface area contributed by atoms with Crippen molar-refractivity contribution in [1.29, 1.82) is 0 Å². The van der Waals surface area contributed by atoms with E-state index < -0.39 is 0 Å². The molecular formula is C22H16BrN3. The molecular weight excluding hydrogens is 386 g/mol. The quantitative estimate of drug-likeness (QED) is 0.426. The van der Waals surface area contributed by atoms with Gasteiger partial charge in [0.2, 0.25) is 0 Å². The van der Waals surface area contributed by atoms with Crippen molar-refractivity contribution in [2.45, 2.75) is 6.92 Å². The molecule has 4 heteroatoms. The number of halogens is 1. The zero-order valence-corrected chi connectivity index (χ0v) is 15.8. The van der Waals surface area contributed by atoms with E-state index in [4.69, 9.17) is 15.0 Å². The fourth-order valence-corrected chi connectivity index (χ4v) is 3.05. The van der Waals surface area contributed by atoms with Crippen LogP contribution in [0.1, 0.15) is 5.56 Å². The van der Waals surface area contributed by atoms with Crippen LogP contribution in [0.2, 0.25) is 0 Å². The molecule has 3 aromatic carbocycles. The molecule has 0 amide bonds. The Morgan fingerprint density at radius 3 is 1.50 bits per heavy atom. The van der Waals surface area contributed by atoms with Gasteiger partial charge in [-0.3, -0.25) is 0 Å². The van der Waals surface area contributed by atoms with Crippen molar-refractivity contribution < 1.29 is 0 Å². The van der Waals surface area contributed by atoms with Crippen molar-refractivity contribution >= 4 is 15.9 Å². The number of aryl methyl sites for hydroxylation is 1. The van der Waals surface area contributed by atoms with Gasteiger partial charge in [0.1, 0.15) is 0 Å². The largest absolute Gasteiger partial charge is 0.208 e. The van der Waals surface area contributed by atoms with Crippen molar-refractivity contribution in [2.24, 2.45) is 0 Å². The first-order chi connectivity index (χ1) is 12.7. The molecule has 0 atom stereocenters. The summed E-state index contributed by atoms with van der Waals surface area (Å²) in [5, 5.41) is 0. The lowest BCUT2D eigenvalue weighted by Crippen LogP contribution is -2.00. The van der Waals surface area contributed by atoms with Crippen molar-refractivity contribution in [2.75, 3.05) is 0 Å². The number of benzene rings is 3. The number of aromatic nitrogens is 3. The lowest BCUT2D eigenvalue weighted by Gasteiger charge is -2.09. The molecule has 3 nitrogen and oxygen atoms in total. The predicted octanol–water partition coefficient (Wildman–Crippen LogP) is 5.94. The summed E-state index contributed by atoms with van der Waals surface area (Å²) in [5.41, 5.74) is 4.08. The number of nitrogens with zero attached hydrogens (tertiary/aromatic N) is 3. The number of hydrogen-bond donors (Lipinski definition) is 0. The molecule has 0 N–H and O–H groups in total. The second-order valence-electron chi connectivity index (χ2n) is 6.00. The van der Waals surface area contributed by atoms with Crippen LogP contribution in [0.4, 0.5) is 0 Å². The Labute approximate surface area is 160 Å². The molecule has 0 aliphatic heterocycles. The maximum atomic E-state index is 4.73. The molecule has 1 aromatic heterocycles. The molecule has 0 fully saturated rings. The molecule has 4 aromatic rings. The first-order valence-electron chi connectivity index (χ1n) is 8.34. The predicted molar refractivity (Wildman–Crippen MR) is 109 cm³/mol. The van der Waals surface area contributed by atoms with Gasteiger partial charge in [-0.05, 0) is 18.6 Å². The van der Waals surface area contributed by atoms with Crippen molar-refractivity contribution in [3.63, 3.8) is 0 Å². The Bertz CT molecular complexity index is 990. The van der Waals surface area contributed by atoms with Crippen LogP contribution in [0.15, 0.2) is 83.3 Å². The summed E-state index contributed by atoms with van der Waals surface area (Å²) in [6.07, 6.45) is 0. The molecule has 0 aliphatic rings. The molecule has 0 bridgehead atoms. The average molecular weight is 402 g/mol. The van der Waals surface area contributed by atoms with Crippen LogP contribution in [0.5, 0.6) is 0 Å². The van der Waals surface area contributed by atoms with Gasteiger partial charge in [-0.15, -0.1) is 0 Å². The molecule has 26 heavy (non-hydrogen) atoms. The van der Waals surface area contributed by atoms with Crippen molar-refractivity contribution in [3.8, 4) is 34.2 Å². The second kappa shape index (κ2) is 7.18. The first kappa shape index (κ1) is 16.6. The Balaban J connectivity index is 1.92. The van der Waals surface area contributed by atoms with Crippen LogP contribution in [-0.2, 0) is 0 Å². The summed E-state index contributed by atoms with van der Waals surface area (Å²) in [4.78, 5) is 14.2. The fourth-order valence-electron chi connectivity index (χ4n) is 2.67. The topological polar surface area (TPSA) is 38.7 Å².